The van der Waals surface area contributed by atoms with Gasteiger partial charge in [0.1, 0.15) is 0 Å². The first-order valence-corrected chi connectivity index (χ1v) is 2.41. The quantitative estimate of drug-likeness (QED) is 0.584. The predicted molar refractivity (Wildman–Crippen MR) is 41.3 cm³/mol. The third-order valence-electron chi connectivity index (χ3n) is 0. The summed E-state index contributed by atoms with van der Waals surface area (Å²) in [5.74, 6) is 0. The molecule has 0 aliphatic rings. The minimum absolute atomic E-state index is 0. The molecular formula is C5H16BrN. The van der Waals surface area contributed by atoms with E-state index in [0.717, 1.165) is 0 Å². The maximum atomic E-state index is 2.75. The van der Waals surface area contributed by atoms with Gasteiger partial charge in [-0.25, -0.2) is 0 Å². The molecule has 7 heavy (non-hydrogen) atoms. The number of hydrogen-bond donors (Lipinski definition) is 1. The summed E-state index contributed by atoms with van der Waals surface area (Å²) >= 11 is 0. The molecule has 0 unspecified atom stereocenters. The fourth-order valence-corrected chi connectivity index (χ4v) is 0. The zero-order chi connectivity index (χ0) is 5.41. The van der Waals surface area contributed by atoms with Crippen LogP contribution >= 0.6 is 17.0 Å². The first kappa shape index (κ1) is 15.7. The van der Waals surface area contributed by atoms with Crippen molar-refractivity contribution in [2.45, 2.75) is 20.3 Å². The highest BCUT2D eigenvalue weighted by molar-refractivity contribution is 8.93. The molecule has 0 aliphatic carbocycles. The Balaban J connectivity index is -0.0000000400. The smallest absolute Gasteiger partial charge is 0.0167 e. The second kappa shape index (κ2) is 32.0. The van der Waals surface area contributed by atoms with E-state index in [-0.39, 0.29) is 17.0 Å². The third kappa shape index (κ3) is 656. The Morgan fingerprint density at radius 2 is 1.14 bits per heavy atom. The molecule has 0 radical (unpaired) electrons. The van der Waals surface area contributed by atoms with Gasteiger partial charge in [-0.3, -0.25) is 0 Å². The molecule has 48 valence electrons. The van der Waals surface area contributed by atoms with Crippen molar-refractivity contribution in [3.8, 4) is 0 Å². The third-order valence-corrected chi connectivity index (χ3v) is 0. The maximum absolute atomic E-state index is 2.75. The van der Waals surface area contributed by atoms with Crippen molar-refractivity contribution < 1.29 is 0 Å². The molecule has 0 aromatic rings. The van der Waals surface area contributed by atoms with Crippen molar-refractivity contribution in [1.82, 2.24) is 5.32 Å². The normalized spacial score (nSPS) is 5.14. The number of hydrogen-bond acceptors (Lipinski definition) is 1. The molecule has 0 atom stereocenters. The van der Waals surface area contributed by atoms with Crippen LogP contribution in [0.2, 0.25) is 0 Å². The Morgan fingerprint density at radius 3 is 1.14 bits per heavy atom. The van der Waals surface area contributed by atoms with Crippen molar-refractivity contribution in [2.75, 3.05) is 14.1 Å². The molecular weight excluding hydrogens is 154 g/mol. The summed E-state index contributed by atoms with van der Waals surface area (Å²) in [4.78, 5) is 0. The Bertz CT molecular complexity index is 10.0. The molecule has 0 aliphatic heterocycles. The average molecular weight is 170 g/mol. The van der Waals surface area contributed by atoms with Gasteiger partial charge in [-0.1, -0.05) is 20.3 Å². The van der Waals surface area contributed by atoms with Gasteiger partial charge in [0.25, 0.3) is 0 Å². The fourth-order valence-electron chi connectivity index (χ4n) is 0. The average Bonchev–Trinajstić information content (AvgIpc) is 1.39. The molecule has 0 fully saturated rings. The van der Waals surface area contributed by atoms with Crippen LogP contribution in [0.1, 0.15) is 20.3 Å². The lowest BCUT2D eigenvalue weighted by Crippen LogP contribution is -1.89. The van der Waals surface area contributed by atoms with Gasteiger partial charge in [0.05, 0.1) is 0 Å². The van der Waals surface area contributed by atoms with E-state index in [9.17, 15) is 0 Å². The molecule has 0 rings (SSSR count). The molecule has 0 spiro atoms. The Hall–Kier alpha value is 0.440. The van der Waals surface area contributed by atoms with E-state index in [2.05, 4.69) is 19.2 Å². The molecule has 1 N–H and O–H groups in total. The minimum atomic E-state index is 0. The summed E-state index contributed by atoms with van der Waals surface area (Å²) in [5, 5.41) is 2.75. The minimum Gasteiger partial charge on any atom is -0.323 e. The second-order valence-electron chi connectivity index (χ2n) is 1.21. The number of rotatable bonds is 0. The van der Waals surface area contributed by atoms with Crippen molar-refractivity contribution in [3.05, 3.63) is 0 Å². The van der Waals surface area contributed by atoms with Crippen LogP contribution in [0.5, 0.6) is 0 Å². The van der Waals surface area contributed by atoms with Crippen LogP contribution in [0.25, 0.3) is 0 Å². The summed E-state index contributed by atoms with van der Waals surface area (Å²) < 4.78 is 0. The van der Waals surface area contributed by atoms with Crippen LogP contribution < -0.4 is 5.32 Å². The fraction of sp³-hybridized carbons (Fsp3) is 1.00. The summed E-state index contributed by atoms with van der Waals surface area (Å²) in [7, 11) is 3.75. The first-order chi connectivity index (χ1) is 2.83. The summed E-state index contributed by atoms with van der Waals surface area (Å²) in [5.41, 5.74) is 0. The SMILES string of the molecule is Br.CCC.CNC. The topological polar surface area (TPSA) is 12.0 Å². The second-order valence-corrected chi connectivity index (χ2v) is 1.21. The van der Waals surface area contributed by atoms with E-state index in [1.165, 1.54) is 6.42 Å². The van der Waals surface area contributed by atoms with Gasteiger partial charge >= 0.3 is 0 Å². The van der Waals surface area contributed by atoms with E-state index in [0.29, 0.717) is 0 Å². The van der Waals surface area contributed by atoms with Gasteiger partial charge in [0.15, 0.2) is 0 Å². The Morgan fingerprint density at radius 1 is 1.14 bits per heavy atom. The van der Waals surface area contributed by atoms with Crippen LogP contribution in [0, 0.1) is 0 Å². The standard InChI is InChI=1S/C3H8.C2H7N.BrH/c2*1-3-2;/h3H2,1-2H3;3H,1-2H3;1H. The van der Waals surface area contributed by atoms with E-state index in [1.807, 2.05) is 14.1 Å². The lowest BCUT2D eigenvalue weighted by atomic mass is 10.6. The Kier molecular flexibility index (Phi) is 71.6. The van der Waals surface area contributed by atoms with E-state index in [4.69, 9.17) is 0 Å². The first-order valence-electron chi connectivity index (χ1n) is 2.41. The van der Waals surface area contributed by atoms with Gasteiger partial charge in [-0.05, 0) is 14.1 Å². The number of halogens is 1. The van der Waals surface area contributed by atoms with Crippen LogP contribution in [0.3, 0.4) is 0 Å². The van der Waals surface area contributed by atoms with Crippen LogP contribution in [-0.2, 0) is 0 Å². The van der Waals surface area contributed by atoms with Crippen LogP contribution in [0.4, 0.5) is 0 Å². The lowest BCUT2D eigenvalue weighted by Gasteiger charge is -1.59. The van der Waals surface area contributed by atoms with Gasteiger partial charge in [-0.15, -0.1) is 17.0 Å². The zero-order valence-electron chi connectivity index (χ0n) is 5.62. The van der Waals surface area contributed by atoms with Crippen molar-refractivity contribution >= 4 is 17.0 Å². The largest absolute Gasteiger partial charge is 0.323 e. The van der Waals surface area contributed by atoms with Crippen LogP contribution in [0.15, 0.2) is 0 Å². The summed E-state index contributed by atoms with van der Waals surface area (Å²) in [6.07, 6.45) is 1.25. The maximum Gasteiger partial charge on any atom is -0.0167 e. The van der Waals surface area contributed by atoms with Crippen molar-refractivity contribution in [1.29, 1.82) is 0 Å². The van der Waals surface area contributed by atoms with Gasteiger partial charge in [0, 0.05) is 0 Å². The molecule has 1 nitrogen and oxygen atoms in total. The van der Waals surface area contributed by atoms with Crippen molar-refractivity contribution in [2.24, 2.45) is 0 Å². The summed E-state index contributed by atoms with van der Waals surface area (Å²) in [6, 6.07) is 0. The molecule has 0 heterocycles. The monoisotopic (exact) mass is 169 g/mol. The van der Waals surface area contributed by atoms with E-state index >= 15 is 0 Å². The van der Waals surface area contributed by atoms with Crippen molar-refractivity contribution in [3.63, 3.8) is 0 Å². The highest BCUT2D eigenvalue weighted by Crippen LogP contribution is 1.56. The molecule has 0 saturated heterocycles. The van der Waals surface area contributed by atoms with Gasteiger partial charge in [-0.2, -0.15) is 0 Å². The lowest BCUT2D eigenvalue weighted by molar-refractivity contribution is 1.02. The highest BCUT2D eigenvalue weighted by atomic mass is 79.9. The number of nitrogens with one attached hydrogen (secondary N) is 1. The molecule has 2 heteroatoms. The molecule has 0 aromatic heterocycles. The van der Waals surface area contributed by atoms with Gasteiger partial charge < -0.3 is 5.32 Å². The van der Waals surface area contributed by atoms with E-state index < -0.39 is 0 Å². The zero-order valence-corrected chi connectivity index (χ0v) is 7.33. The van der Waals surface area contributed by atoms with Crippen LogP contribution in [-0.4, -0.2) is 14.1 Å². The van der Waals surface area contributed by atoms with E-state index in [1.54, 1.807) is 0 Å². The molecule has 0 aromatic carbocycles. The summed E-state index contributed by atoms with van der Waals surface area (Å²) in [6.45, 7) is 4.25. The molecule has 0 bridgehead atoms. The van der Waals surface area contributed by atoms with Gasteiger partial charge in [0.2, 0.25) is 0 Å². The molecule has 0 saturated carbocycles. The highest BCUT2D eigenvalue weighted by Gasteiger charge is 1.35. The Labute approximate surface area is 57.3 Å². The predicted octanol–water partition coefficient (Wildman–Crippen LogP) is 1.83. The molecule has 0 amide bonds.